The standard InChI is InChI=1S/C12H20O.C2H6/c1-5-7-11(6-2)8-12(9-13)10(3)4;1-2/h5-7,10,12-13H,1-2,8-9H2,3-4H3;1-2H3/b11-7+;. The molecule has 15 heavy (non-hydrogen) atoms. The summed E-state index contributed by atoms with van der Waals surface area (Å²) in [4.78, 5) is 0. The molecule has 0 aromatic heterocycles. The largest absolute Gasteiger partial charge is 0.396 e. The Morgan fingerprint density at radius 2 is 1.80 bits per heavy atom. The second kappa shape index (κ2) is 11.3. The molecule has 0 bridgehead atoms. The molecule has 0 saturated carbocycles. The van der Waals surface area contributed by atoms with Crippen LogP contribution < -0.4 is 0 Å². The lowest BCUT2D eigenvalue weighted by molar-refractivity contribution is 0.189. The van der Waals surface area contributed by atoms with Gasteiger partial charge in [0.2, 0.25) is 0 Å². The lowest BCUT2D eigenvalue weighted by Gasteiger charge is -2.18. The summed E-state index contributed by atoms with van der Waals surface area (Å²) in [5, 5.41) is 9.12. The van der Waals surface area contributed by atoms with Crippen LogP contribution in [-0.2, 0) is 0 Å². The maximum absolute atomic E-state index is 9.12. The minimum atomic E-state index is 0.236. The molecule has 0 aliphatic rings. The van der Waals surface area contributed by atoms with E-state index >= 15 is 0 Å². The Labute approximate surface area is 95.2 Å². The summed E-state index contributed by atoms with van der Waals surface area (Å²) in [6.45, 7) is 15.8. The maximum atomic E-state index is 9.12. The van der Waals surface area contributed by atoms with Crippen LogP contribution >= 0.6 is 0 Å². The zero-order valence-corrected chi connectivity index (χ0v) is 10.7. The van der Waals surface area contributed by atoms with Crippen LogP contribution in [-0.4, -0.2) is 11.7 Å². The van der Waals surface area contributed by atoms with E-state index in [1.54, 1.807) is 6.08 Å². The van der Waals surface area contributed by atoms with Gasteiger partial charge in [-0.15, -0.1) is 0 Å². The summed E-state index contributed by atoms with van der Waals surface area (Å²) in [6, 6.07) is 0. The molecule has 0 saturated heterocycles. The van der Waals surface area contributed by atoms with Gasteiger partial charge in [0.05, 0.1) is 0 Å². The van der Waals surface area contributed by atoms with E-state index in [0.717, 1.165) is 12.0 Å². The second-order valence-electron chi connectivity index (χ2n) is 3.57. The van der Waals surface area contributed by atoms with Gasteiger partial charge in [0.25, 0.3) is 0 Å². The van der Waals surface area contributed by atoms with Crippen molar-refractivity contribution in [3.8, 4) is 0 Å². The number of hydrogen-bond acceptors (Lipinski definition) is 1. The van der Waals surface area contributed by atoms with Gasteiger partial charge in [0.15, 0.2) is 0 Å². The molecule has 0 aromatic rings. The first-order chi connectivity index (χ1) is 7.15. The zero-order valence-electron chi connectivity index (χ0n) is 10.7. The summed E-state index contributed by atoms with van der Waals surface area (Å²) in [6.07, 6.45) is 6.40. The first-order valence-corrected chi connectivity index (χ1v) is 5.70. The van der Waals surface area contributed by atoms with E-state index in [1.165, 1.54) is 0 Å². The van der Waals surface area contributed by atoms with Gasteiger partial charge < -0.3 is 5.11 Å². The van der Waals surface area contributed by atoms with Crippen LogP contribution in [0.5, 0.6) is 0 Å². The predicted octanol–water partition coefficient (Wildman–Crippen LogP) is 3.97. The fourth-order valence-electron chi connectivity index (χ4n) is 1.18. The predicted molar refractivity (Wildman–Crippen MR) is 69.9 cm³/mol. The molecule has 0 aliphatic carbocycles. The van der Waals surface area contributed by atoms with E-state index in [1.807, 2.05) is 26.0 Å². The first-order valence-electron chi connectivity index (χ1n) is 5.70. The van der Waals surface area contributed by atoms with Crippen LogP contribution in [0.25, 0.3) is 0 Å². The van der Waals surface area contributed by atoms with Crippen LogP contribution in [0, 0.1) is 11.8 Å². The molecule has 0 aliphatic heterocycles. The molecule has 88 valence electrons. The Morgan fingerprint density at radius 1 is 1.27 bits per heavy atom. The van der Waals surface area contributed by atoms with Gasteiger partial charge in [-0.1, -0.05) is 59.1 Å². The van der Waals surface area contributed by atoms with E-state index in [4.69, 9.17) is 5.11 Å². The Hall–Kier alpha value is -0.820. The van der Waals surface area contributed by atoms with Crippen molar-refractivity contribution in [3.63, 3.8) is 0 Å². The first kappa shape index (κ1) is 16.6. The van der Waals surface area contributed by atoms with Crippen LogP contribution in [0.1, 0.15) is 34.1 Å². The van der Waals surface area contributed by atoms with E-state index in [9.17, 15) is 0 Å². The molecule has 0 aromatic carbocycles. The highest BCUT2D eigenvalue weighted by Gasteiger charge is 2.12. The zero-order chi connectivity index (χ0) is 12.3. The van der Waals surface area contributed by atoms with Gasteiger partial charge in [-0.05, 0) is 23.8 Å². The van der Waals surface area contributed by atoms with Crippen molar-refractivity contribution in [3.05, 3.63) is 37.0 Å². The van der Waals surface area contributed by atoms with Crippen LogP contribution in [0.2, 0.25) is 0 Å². The average Bonchev–Trinajstić information content (AvgIpc) is 2.26. The highest BCUT2D eigenvalue weighted by atomic mass is 16.3. The molecule has 1 nitrogen and oxygen atoms in total. The van der Waals surface area contributed by atoms with Crippen molar-refractivity contribution in [1.29, 1.82) is 0 Å². The summed E-state index contributed by atoms with van der Waals surface area (Å²) < 4.78 is 0. The van der Waals surface area contributed by atoms with Gasteiger partial charge in [-0.3, -0.25) is 0 Å². The molecular formula is C14H26O. The van der Waals surface area contributed by atoms with E-state index in [0.29, 0.717) is 11.8 Å². The van der Waals surface area contributed by atoms with Gasteiger partial charge in [0.1, 0.15) is 0 Å². The number of rotatable bonds is 6. The van der Waals surface area contributed by atoms with E-state index in [-0.39, 0.29) is 6.61 Å². The van der Waals surface area contributed by atoms with Crippen molar-refractivity contribution in [2.24, 2.45) is 11.8 Å². The van der Waals surface area contributed by atoms with Gasteiger partial charge in [0, 0.05) is 6.61 Å². The third-order valence-electron chi connectivity index (χ3n) is 2.27. The van der Waals surface area contributed by atoms with Crippen LogP contribution in [0.4, 0.5) is 0 Å². The number of aliphatic hydroxyl groups is 1. The monoisotopic (exact) mass is 210 g/mol. The fraction of sp³-hybridized carbons (Fsp3) is 0.571. The Kier molecular flexibility index (Phi) is 12.5. The fourth-order valence-corrected chi connectivity index (χ4v) is 1.18. The maximum Gasteiger partial charge on any atom is 0.0464 e. The molecule has 1 unspecified atom stereocenters. The van der Waals surface area contributed by atoms with Crippen molar-refractivity contribution in [2.45, 2.75) is 34.1 Å². The van der Waals surface area contributed by atoms with E-state index < -0.39 is 0 Å². The average molecular weight is 210 g/mol. The van der Waals surface area contributed by atoms with Gasteiger partial charge >= 0.3 is 0 Å². The third-order valence-corrected chi connectivity index (χ3v) is 2.27. The van der Waals surface area contributed by atoms with Crippen LogP contribution in [0.3, 0.4) is 0 Å². The summed E-state index contributed by atoms with van der Waals surface area (Å²) in [5.74, 6) is 0.822. The third kappa shape index (κ3) is 8.19. The lowest BCUT2D eigenvalue weighted by atomic mass is 9.90. The summed E-state index contributed by atoms with van der Waals surface area (Å²) >= 11 is 0. The smallest absolute Gasteiger partial charge is 0.0464 e. The normalized spacial score (nSPS) is 12.8. The Bertz CT molecular complexity index is 190. The lowest BCUT2D eigenvalue weighted by Crippen LogP contribution is -2.13. The molecule has 0 spiro atoms. The van der Waals surface area contributed by atoms with Crippen molar-refractivity contribution < 1.29 is 5.11 Å². The Balaban J connectivity index is 0. The summed E-state index contributed by atoms with van der Waals surface area (Å²) in [5.41, 5.74) is 1.14. The van der Waals surface area contributed by atoms with Crippen molar-refractivity contribution in [1.82, 2.24) is 0 Å². The van der Waals surface area contributed by atoms with E-state index in [2.05, 4.69) is 27.0 Å². The number of aliphatic hydroxyl groups excluding tert-OH is 1. The van der Waals surface area contributed by atoms with Crippen molar-refractivity contribution in [2.75, 3.05) is 6.61 Å². The van der Waals surface area contributed by atoms with Gasteiger partial charge in [-0.2, -0.15) is 0 Å². The SMILES string of the molecule is C=C/C=C(\C=C)CC(CO)C(C)C.CC. The molecule has 0 heterocycles. The van der Waals surface area contributed by atoms with Crippen LogP contribution in [0.15, 0.2) is 37.0 Å². The molecule has 1 atom stereocenters. The minimum Gasteiger partial charge on any atom is -0.396 e. The van der Waals surface area contributed by atoms with Crippen molar-refractivity contribution >= 4 is 0 Å². The number of hydrogen-bond donors (Lipinski definition) is 1. The molecule has 0 fully saturated rings. The molecule has 0 rings (SSSR count). The highest BCUT2D eigenvalue weighted by Crippen LogP contribution is 2.19. The van der Waals surface area contributed by atoms with Gasteiger partial charge in [-0.25, -0.2) is 0 Å². The summed E-state index contributed by atoms with van der Waals surface area (Å²) in [7, 11) is 0. The molecule has 1 heteroatoms. The topological polar surface area (TPSA) is 20.2 Å². The molecular weight excluding hydrogens is 184 g/mol. The Morgan fingerprint density at radius 3 is 2.07 bits per heavy atom. The molecule has 0 radical (unpaired) electrons. The highest BCUT2D eigenvalue weighted by molar-refractivity contribution is 5.21. The molecule has 1 N–H and O–H groups in total. The quantitative estimate of drug-likeness (QED) is 0.658. The number of allylic oxidation sites excluding steroid dienone is 4. The second-order valence-corrected chi connectivity index (χ2v) is 3.57. The molecule has 0 amide bonds. The minimum absolute atomic E-state index is 0.236.